The number of hydrogen-bond acceptors (Lipinski definition) is 4. The molecule has 0 aliphatic carbocycles. The Hall–Kier alpha value is -1.89. The summed E-state index contributed by atoms with van der Waals surface area (Å²) in [5.41, 5.74) is 3.17. The molecule has 2 aromatic rings. The Morgan fingerprint density at radius 1 is 1.50 bits per heavy atom. The molecule has 3 heterocycles. The molecule has 7 heteroatoms. The average Bonchev–Trinajstić information content (AvgIpc) is 3.15. The first-order valence-electron chi connectivity index (χ1n) is 8.10. The molecule has 1 amide bonds. The van der Waals surface area contributed by atoms with Crippen LogP contribution >= 0.6 is 15.9 Å². The molecule has 1 atom stereocenters. The topological polar surface area (TPSA) is 71.1 Å². The summed E-state index contributed by atoms with van der Waals surface area (Å²) in [6.07, 6.45) is 3.76. The van der Waals surface area contributed by atoms with Gasteiger partial charge in [0.05, 0.1) is 16.7 Å². The number of aryl methyl sites for hydroxylation is 2. The van der Waals surface area contributed by atoms with E-state index in [-0.39, 0.29) is 12.0 Å². The van der Waals surface area contributed by atoms with Gasteiger partial charge in [-0.2, -0.15) is 5.10 Å². The van der Waals surface area contributed by atoms with E-state index in [1.165, 1.54) is 0 Å². The van der Waals surface area contributed by atoms with E-state index >= 15 is 0 Å². The first-order valence-corrected chi connectivity index (χ1v) is 8.89. The van der Waals surface area contributed by atoms with E-state index in [0.717, 1.165) is 40.8 Å². The van der Waals surface area contributed by atoms with Crippen LogP contribution in [0.1, 0.15) is 29.8 Å². The third kappa shape index (κ3) is 3.77. The van der Waals surface area contributed by atoms with Gasteiger partial charge < -0.3 is 9.64 Å². The highest BCUT2D eigenvalue weighted by molar-refractivity contribution is 9.10. The van der Waals surface area contributed by atoms with E-state index in [1.807, 2.05) is 30.9 Å². The van der Waals surface area contributed by atoms with Crippen LogP contribution in [-0.2, 0) is 11.2 Å². The second kappa shape index (κ2) is 7.34. The van der Waals surface area contributed by atoms with Gasteiger partial charge in [-0.1, -0.05) is 0 Å². The van der Waals surface area contributed by atoms with Gasteiger partial charge in [0.1, 0.15) is 6.10 Å². The monoisotopic (exact) mass is 392 g/mol. The maximum absolute atomic E-state index is 12.4. The Morgan fingerprint density at radius 2 is 2.33 bits per heavy atom. The number of hydrogen-bond donors (Lipinski definition) is 1. The number of nitrogens with zero attached hydrogens (tertiary/aromatic N) is 3. The highest BCUT2D eigenvalue weighted by atomic mass is 79.9. The number of carbonyl (C=O) groups excluding carboxylic acids is 1. The lowest BCUT2D eigenvalue weighted by Crippen LogP contribution is -2.31. The standard InChI is InChI=1S/C17H21BrN4O2/c1-11-14(12(2)21-20-11)5-6-16(23)22-9-7-13(10-22)24-17-15(18)4-3-8-19-17/h3-4,8,13H,5-7,9-10H2,1-2H3,(H,20,21). The number of halogens is 1. The summed E-state index contributed by atoms with van der Waals surface area (Å²) in [6, 6.07) is 3.75. The van der Waals surface area contributed by atoms with E-state index < -0.39 is 0 Å². The first-order chi connectivity index (χ1) is 11.5. The molecule has 1 fully saturated rings. The zero-order chi connectivity index (χ0) is 17.1. The number of nitrogens with one attached hydrogen (secondary N) is 1. The van der Waals surface area contributed by atoms with Crippen molar-refractivity contribution < 1.29 is 9.53 Å². The quantitative estimate of drug-likeness (QED) is 0.848. The van der Waals surface area contributed by atoms with Crippen molar-refractivity contribution in [3.8, 4) is 5.88 Å². The van der Waals surface area contributed by atoms with Crippen LogP contribution in [0, 0.1) is 13.8 Å². The minimum absolute atomic E-state index is 0.00227. The van der Waals surface area contributed by atoms with Crippen molar-refractivity contribution in [3.05, 3.63) is 39.8 Å². The number of likely N-dealkylation sites (tertiary alicyclic amines) is 1. The van der Waals surface area contributed by atoms with Crippen molar-refractivity contribution in [2.75, 3.05) is 13.1 Å². The Morgan fingerprint density at radius 3 is 3.04 bits per heavy atom. The minimum Gasteiger partial charge on any atom is -0.472 e. The highest BCUT2D eigenvalue weighted by Crippen LogP contribution is 2.25. The van der Waals surface area contributed by atoms with Crippen molar-refractivity contribution in [1.29, 1.82) is 0 Å². The van der Waals surface area contributed by atoms with E-state index in [2.05, 4.69) is 31.1 Å². The number of pyridine rings is 1. The fourth-order valence-corrected chi connectivity index (χ4v) is 3.35. The third-order valence-corrected chi connectivity index (χ3v) is 4.97. The van der Waals surface area contributed by atoms with Crippen LogP contribution in [-0.4, -0.2) is 45.2 Å². The lowest BCUT2D eigenvalue weighted by molar-refractivity contribution is -0.130. The van der Waals surface area contributed by atoms with Crippen LogP contribution in [0.5, 0.6) is 5.88 Å². The molecule has 2 aromatic heterocycles. The largest absolute Gasteiger partial charge is 0.472 e. The molecule has 1 aliphatic rings. The number of amides is 1. The molecule has 1 N–H and O–H groups in total. The predicted octanol–water partition coefficient (Wildman–Crippen LogP) is 2.80. The van der Waals surface area contributed by atoms with E-state index in [1.54, 1.807) is 6.20 Å². The second-order valence-electron chi connectivity index (χ2n) is 6.07. The summed E-state index contributed by atoms with van der Waals surface area (Å²) >= 11 is 3.43. The summed E-state index contributed by atoms with van der Waals surface area (Å²) in [5, 5.41) is 7.14. The van der Waals surface area contributed by atoms with Gasteiger partial charge in [-0.15, -0.1) is 0 Å². The van der Waals surface area contributed by atoms with E-state index in [9.17, 15) is 4.79 Å². The molecule has 3 rings (SSSR count). The molecule has 1 saturated heterocycles. The van der Waals surface area contributed by atoms with Gasteiger partial charge >= 0.3 is 0 Å². The maximum Gasteiger partial charge on any atom is 0.228 e. The maximum atomic E-state index is 12.4. The van der Waals surface area contributed by atoms with Gasteiger partial charge in [-0.3, -0.25) is 9.89 Å². The molecular weight excluding hydrogens is 372 g/mol. The highest BCUT2D eigenvalue weighted by Gasteiger charge is 2.28. The third-order valence-electron chi connectivity index (χ3n) is 4.37. The number of rotatable bonds is 5. The lowest BCUT2D eigenvalue weighted by atomic mass is 10.1. The van der Waals surface area contributed by atoms with Crippen molar-refractivity contribution >= 4 is 21.8 Å². The van der Waals surface area contributed by atoms with Crippen LogP contribution in [0.2, 0.25) is 0 Å². The summed E-state index contributed by atoms with van der Waals surface area (Å²) in [7, 11) is 0. The zero-order valence-corrected chi connectivity index (χ0v) is 15.5. The van der Waals surface area contributed by atoms with Gasteiger partial charge in [0, 0.05) is 31.3 Å². The molecular formula is C17H21BrN4O2. The molecule has 128 valence electrons. The number of carbonyl (C=O) groups is 1. The van der Waals surface area contributed by atoms with Crippen molar-refractivity contribution in [3.63, 3.8) is 0 Å². The van der Waals surface area contributed by atoms with Crippen molar-refractivity contribution in [1.82, 2.24) is 20.1 Å². The predicted molar refractivity (Wildman–Crippen MR) is 93.9 cm³/mol. The van der Waals surface area contributed by atoms with Gasteiger partial charge in [0.2, 0.25) is 11.8 Å². The first kappa shape index (κ1) is 17.0. The number of aromatic amines is 1. The number of aromatic nitrogens is 3. The zero-order valence-electron chi connectivity index (χ0n) is 13.9. The Labute approximate surface area is 149 Å². The van der Waals surface area contributed by atoms with Gasteiger partial charge in [0.25, 0.3) is 0 Å². The fourth-order valence-electron chi connectivity index (χ4n) is 3.00. The summed E-state index contributed by atoms with van der Waals surface area (Å²) in [4.78, 5) is 18.5. The van der Waals surface area contributed by atoms with Gasteiger partial charge in [-0.25, -0.2) is 4.98 Å². The SMILES string of the molecule is Cc1n[nH]c(C)c1CCC(=O)N1CCC(Oc2ncccc2Br)C1. The van der Waals surface area contributed by atoms with Gasteiger partial charge in [-0.05, 0) is 53.9 Å². The molecule has 0 spiro atoms. The van der Waals surface area contributed by atoms with Crippen LogP contribution in [0.25, 0.3) is 0 Å². The normalized spacial score (nSPS) is 17.3. The molecule has 24 heavy (non-hydrogen) atoms. The lowest BCUT2D eigenvalue weighted by Gasteiger charge is -2.17. The van der Waals surface area contributed by atoms with Gasteiger partial charge in [0.15, 0.2) is 0 Å². The van der Waals surface area contributed by atoms with Crippen molar-refractivity contribution in [2.45, 2.75) is 39.2 Å². The molecule has 6 nitrogen and oxygen atoms in total. The Kier molecular flexibility index (Phi) is 5.18. The molecule has 1 unspecified atom stereocenters. The number of H-pyrrole nitrogens is 1. The molecule has 0 radical (unpaired) electrons. The average molecular weight is 393 g/mol. The summed E-state index contributed by atoms with van der Waals surface area (Å²) in [5.74, 6) is 0.752. The molecule has 0 aromatic carbocycles. The Bertz CT molecular complexity index is 712. The van der Waals surface area contributed by atoms with Crippen LogP contribution in [0.4, 0.5) is 0 Å². The summed E-state index contributed by atoms with van der Waals surface area (Å²) in [6.45, 7) is 5.31. The minimum atomic E-state index is -0.00227. The van der Waals surface area contributed by atoms with Crippen molar-refractivity contribution in [2.24, 2.45) is 0 Å². The second-order valence-corrected chi connectivity index (χ2v) is 6.93. The number of ether oxygens (including phenoxy) is 1. The molecule has 0 bridgehead atoms. The molecule has 0 saturated carbocycles. The fraction of sp³-hybridized carbons (Fsp3) is 0.471. The smallest absolute Gasteiger partial charge is 0.228 e. The van der Waals surface area contributed by atoms with Crippen LogP contribution in [0.3, 0.4) is 0 Å². The van der Waals surface area contributed by atoms with Crippen LogP contribution in [0.15, 0.2) is 22.8 Å². The van der Waals surface area contributed by atoms with E-state index in [4.69, 9.17) is 4.74 Å². The summed E-state index contributed by atoms with van der Waals surface area (Å²) < 4.78 is 6.74. The van der Waals surface area contributed by atoms with Crippen LogP contribution < -0.4 is 4.74 Å². The molecule has 1 aliphatic heterocycles. The van der Waals surface area contributed by atoms with E-state index in [0.29, 0.717) is 18.8 Å². The Balaban J connectivity index is 1.52.